The van der Waals surface area contributed by atoms with Gasteiger partial charge in [0.2, 0.25) is 10.0 Å². The van der Waals surface area contributed by atoms with Crippen molar-refractivity contribution in [1.29, 1.82) is 0 Å². The van der Waals surface area contributed by atoms with Crippen molar-refractivity contribution >= 4 is 21.6 Å². The number of hydrogen-bond acceptors (Lipinski definition) is 4. The van der Waals surface area contributed by atoms with Gasteiger partial charge in [-0.1, -0.05) is 25.4 Å². The van der Waals surface area contributed by atoms with Crippen LogP contribution in [-0.4, -0.2) is 31.2 Å². The first-order valence-electron chi connectivity index (χ1n) is 5.29. The maximum atomic E-state index is 12.0. The zero-order valence-electron chi connectivity index (χ0n) is 9.97. The Morgan fingerprint density at radius 2 is 2.11 bits per heavy atom. The van der Waals surface area contributed by atoms with Gasteiger partial charge in [0, 0.05) is 12.2 Å². The smallest absolute Gasteiger partial charge is 0.266 e. The second-order valence-electron chi connectivity index (χ2n) is 4.17. The summed E-state index contributed by atoms with van der Waals surface area (Å²) in [6.07, 6.45) is 1.06. The Balaban J connectivity index is 3.06. The van der Waals surface area contributed by atoms with E-state index in [1.165, 1.54) is 0 Å². The summed E-state index contributed by atoms with van der Waals surface area (Å²) < 4.78 is 26.3. The van der Waals surface area contributed by atoms with Crippen molar-refractivity contribution in [3.05, 3.63) is 27.6 Å². The van der Waals surface area contributed by atoms with Crippen LogP contribution in [0.4, 0.5) is 0 Å². The molecule has 8 heteroatoms. The number of aromatic nitrogens is 1. The average molecular weight is 295 g/mol. The molecule has 1 rings (SSSR count). The number of halogens is 1. The second-order valence-corrected chi connectivity index (χ2v) is 6.29. The van der Waals surface area contributed by atoms with Crippen LogP contribution in [0.2, 0.25) is 5.02 Å². The van der Waals surface area contributed by atoms with Crippen molar-refractivity contribution in [3.8, 4) is 0 Å². The number of aromatic amines is 1. The third-order valence-electron chi connectivity index (χ3n) is 2.45. The SMILES string of the molecule is CC(C)C(CO)NS(=O)(=O)c1c[nH]c(=O)c(Cl)c1. The number of pyridine rings is 1. The lowest BCUT2D eigenvalue weighted by Crippen LogP contribution is -2.41. The summed E-state index contributed by atoms with van der Waals surface area (Å²) in [7, 11) is -3.82. The number of aliphatic hydroxyl groups is 1. The largest absolute Gasteiger partial charge is 0.395 e. The molecule has 0 aliphatic heterocycles. The molecule has 0 aliphatic rings. The van der Waals surface area contributed by atoms with E-state index in [0.717, 1.165) is 12.3 Å². The molecule has 0 radical (unpaired) electrons. The molecule has 0 bridgehead atoms. The predicted molar refractivity (Wildman–Crippen MR) is 68.1 cm³/mol. The highest BCUT2D eigenvalue weighted by atomic mass is 35.5. The highest BCUT2D eigenvalue weighted by Crippen LogP contribution is 2.12. The molecular formula is C10H15ClN2O4S. The summed E-state index contributed by atoms with van der Waals surface area (Å²) in [5, 5.41) is 8.89. The van der Waals surface area contributed by atoms with Gasteiger partial charge in [0.05, 0.1) is 11.5 Å². The van der Waals surface area contributed by atoms with Crippen LogP contribution in [0, 0.1) is 5.92 Å². The highest BCUT2D eigenvalue weighted by Gasteiger charge is 2.22. The lowest BCUT2D eigenvalue weighted by Gasteiger charge is -2.19. The van der Waals surface area contributed by atoms with E-state index in [-0.39, 0.29) is 22.4 Å². The van der Waals surface area contributed by atoms with Crippen LogP contribution in [0.25, 0.3) is 0 Å². The average Bonchev–Trinajstić information content (AvgIpc) is 2.29. The Bertz CT molecular complexity index is 567. The van der Waals surface area contributed by atoms with Crippen molar-refractivity contribution in [2.24, 2.45) is 5.92 Å². The van der Waals surface area contributed by atoms with E-state index < -0.39 is 21.6 Å². The van der Waals surface area contributed by atoms with Gasteiger partial charge in [-0.2, -0.15) is 0 Å². The molecule has 0 aliphatic carbocycles. The molecule has 0 saturated heterocycles. The first-order chi connectivity index (χ1) is 8.27. The van der Waals surface area contributed by atoms with Gasteiger partial charge >= 0.3 is 0 Å². The molecule has 1 unspecified atom stereocenters. The molecule has 0 aromatic carbocycles. The molecule has 0 spiro atoms. The minimum Gasteiger partial charge on any atom is -0.395 e. The Morgan fingerprint density at radius 1 is 1.50 bits per heavy atom. The Hall–Kier alpha value is -0.890. The molecule has 6 nitrogen and oxygen atoms in total. The predicted octanol–water partition coefficient (Wildman–Crippen LogP) is 0.323. The number of H-pyrrole nitrogens is 1. The van der Waals surface area contributed by atoms with Crippen LogP contribution in [-0.2, 0) is 10.0 Å². The monoisotopic (exact) mass is 294 g/mol. The van der Waals surface area contributed by atoms with Crippen molar-refractivity contribution < 1.29 is 13.5 Å². The molecule has 18 heavy (non-hydrogen) atoms. The number of aliphatic hydroxyl groups excluding tert-OH is 1. The Labute approximate surface area is 110 Å². The molecular weight excluding hydrogens is 280 g/mol. The number of hydrogen-bond donors (Lipinski definition) is 3. The van der Waals surface area contributed by atoms with Crippen molar-refractivity contribution in [3.63, 3.8) is 0 Å². The number of nitrogens with one attached hydrogen (secondary N) is 2. The molecule has 102 valence electrons. The lowest BCUT2D eigenvalue weighted by molar-refractivity contribution is 0.227. The van der Waals surface area contributed by atoms with E-state index in [4.69, 9.17) is 16.7 Å². The van der Waals surface area contributed by atoms with Crippen molar-refractivity contribution in [2.75, 3.05) is 6.61 Å². The molecule has 0 amide bonds. The highest BCUT2D eigenvalue weighted by molar-refractivity contribution is 7.89. The van der Waals surface area contributed by atoms with Gasteiger partial charge in [0.15, 0.2) is 0 Å². The van der Waals surface area contributed by atoms with E-state index in [1.807, 2.05) is 0 Å². The van der Waals surface area contributed by atoms with E-state index in [2.05, 4.69) is 9.71 Å². The van der Waals surface area contributed by atoms with Crippen LogP contribution >= 0.6 is 11.6 Å². The van der Waals surface area contributed by atoms with E-state index >= 15 is 0 Å². The molecule has 0 fully saturated rings. The molecule has 1 aromatic rings. The molecule has 3 N–H and O–H groups in total. The van der Waals surface area contributed by atoms with Gasteiger partial charge in [-0.3, -0.25) is 4.79 Å². The summed E-state index contributed by atoms with van der Waals surface area (Å²) in [5.74, 6) is -0.0667. The Kier molecular flexibility index (Phi) is 4.92. The van der Waals surface area contributed by atoms with Gasteiger partial charge in [0.25, 0.3) is 5.56 Å². The first kappa shape index (κ1) is 15.2. The zero-order chi connectivity index (χ0) is 13.9. The summed E-state index contributed by atoms with van der Waals surface area (Å²) >= 11 is 5.57. The molecule has 0 saturated carbocycles. The van der Waals surface area contributed by atoms with Gasteiger partial charge in [-0.15, -0.1) is 0 Å². The van der Waals surface area contributed by atoms with E-state index in [9.17, 15) is 13.2 Å². The summed E-state index contributed by atoms with van der Waals surface area (Å²) in [6, 6.07) is 0.470. The standard InChI is InChI=1S/C10H15ClN2O4S/c1-6(2)9(5-14)13-18(16,17)7-3-8(11)10(15)12-4-7/h3-4,6,9,13-14H,5H2,1-2H3,(H,12,15). The van der Waals surface area contributed by atoms with Gasteiger partial charge in [0.1, 0.15) is 5.02 Å². The normalized spacial score (nSPS) is 13.8. The van der Waals surface area contributed by atoms with Crippen LogP contribution < -0.4 is 10.3 Å². The van der Waals surface area contributed by atoms with Gasteiger partial charge < -0.3 is 10.1 Å². The fourth-order valence-corrected chi connectivity index (χ4v) is 2.85. The Morgan fingerprint density at radius 3 is 2.56 bits per heavy atom. The van der Waals surface area contributed by atoms with Crippen molar-refractivity contribution in [2.45, 2.75) is 24.8 Å². The quantitative estimate of drug-likeness (QED) is 0.728. The minimum absolute atomic E-state index is 0.0667. The second kappa shape index (κ2) is 5.83. The van der Waals surface area contributed by atoms with E-state index in [1.54, 1.807) is 13.8 Å². The fourth-order valence-electron chi connectivity index (χ4n) is 1.24. The van der Waals surface area contributed by atoms with Gasteiger partial charge in [-0.05, 0) is 12.0 Å². The first-order valence-corrected chi connectivity index (χ1v) is 7.15. The van der Waals surface area contributed by atoms with Gasteiger partial charge in [-0.25, -0.2) is 13.1 Å². The lowest BCUT2D eigenvalue weighted by atomic mass is 10.1. The maximum Gasteiger partial charge on any atom is 0.266 e. The summed E-state index contributed by atoms with van der Waals surface area (Å²) in [4.78, 5) is 13.1. The molecule has 1 aromatic heterocycles. The van der Waals surface area contributed by atoms with E-state index in [0.29, 0.717) is 0 Å². The molecule has 1 atom stereocenters. The third kappa shape index (κ3) is 3.55. The number of sulfonamides is 1. The maximum absolute atomic E-state index is 12.0. The topological polar surface area (TPSA) is 99.3 Å². The van der Waals surface area contributed by atoms with Crippen LogP contribution in [0.15, 0.2) is 22.0 Å². The fraction of sp³-hybridized carbons (Fsp3) is 0.500. The number of rotatable bonds is 5. The summed E-state index contributed by atoms with van der Waals surface area (Å²) in [6.45, 7) is 3.25. The van der Waals surface area contributed by atoms with Crippen molar-refractivity contribution in [1.82, 2.24) is 9.71 Å². The van der Waals surface area contributed by atoms with Crippen LogP contribution in [0.1, 0.15) is 13.8 Å². The van der Waals surface area contributed by atoms with Crippen LogP contribution in [0.5, 0.6) is 0 Å². The summed E-state index contributed by atoms with van der Waals surface area (Å²) in [5.41, 5.74) is -0.557. The zero-order valence-corrected chi connectivity index (χ0v) is 11.5. The third-order valence-corrected chi connectivity index (χ3v) is 4.20. The minimum atomic E-state index is -3.82. The van der Waals surface area contributed by atoms with Crippen LogP contribution in [0.3, 0.4) is 0 Å². The molecule has 1 heterocycles.